The molecule has 0 aliphatic rings. The van der Waals surface area contributed by atoms with Gasteiger partial charge in [-0.05, 0) is 31.7 Å². The summed E-state index contributed by atoms with van der Waals surface area (Å²) in [6.07, 6.45) is 9.26. The van der Waals surface area contributed by atoms with Gasteiger partial charge in [-0.2, -0.15) is 0 Å². The summed E-state index contributed by atoms with van der Waals surface area (Å²) < 4.78 is 5.61. The van der Waals surface area contributed by atoms with Crippen molar-refractivity contribution in [2.24, 2.45) is 0 Å². The summed E-state index contributed by atoms with van der Waals surface area (Å²) in [5.41, 5.74) is 1.26. The number of hydrogen-bond donors (Lipinski definition) is 0. The normalized spacial score (nSPS) is 11.1. The molecule has 0 spiro atoms. The number of benzene rings is 1. The number of unbranched alkanes of at least 4 members (excludes halogenated alkanes) is 3. The molecule has 0 bridgehead atoms. The van der Waals surface area contributed by atoms with E-state index in [1.807, 2.05) is 6.07 Å². The van der Waals surface area contributed by atoms with E-state index in [-0.39, 0.29) is 0 Å². The average molecular weight is 218 g/mol. The molecule has 0 amide bonds. The maximum atomic E-state index is 5.61. The first kappa shape index (κ1) is 13.0. The van der Waals surface area contributed by atoms with Crippen LogP contribution in [0.25, 0.3) is 0 Å². The van der Waals surface area contributed by atoms with Gasteiger partial charge in [0.05, 0.1) is 6.61 Å². The van der Waals surface area contributed by atoms with E-state index in [1.54, 1.807) is 0 Å². The monoisotopic (exact) mass is 218 g/mol. The summed E-state index contributed by atoms with van der Waals surface area (Å²) in [6.45, 7) is 3.70. The minimum absolute atomic E-state index is 0.746. The van der Waals surface area contributed by atoms with Crippen LogP contribution in [0.4, 0.5) is 0 Å². The Morgan fingerprint density at radius 2 is 1.88 bits per heavy atom. The van der Waals surface area contributed by atoms with E-state index in [4.69, 9.17) is 4.74 Å². The van der Waals surface area contributed by atoms with E-state index >= 15 is 0 Å². The molecular weight excluding hydrogens is 196 g/mol. The lowest BCUT2D eigenvalue weighted by Gasteiger charge is -2.03. The lowest BCUT2D eigenvalue weighted by Crippen LogP contribution is -1.95. The Balaban J connectivity index is 1.92. The Bertz CT molecular complexity index is 277. The van der Waals surface area contributed by atoms with Gasteiger partial charge in [-0.1, -0.05) is 48.9 Å². The standard InChI is InChI=1S/C15H22O/c1-2-3-4-5-6-10-13-16-14-15-11-8-7-9-12-15/h2-3,7-9,11-12H,4-6,10,13-14H2,1H3. The molecule has 1 aromatic carbocycles. The molecule has 0 aliphatic heterocycles. The van der Waals surface area contributed by atoms with Crippen molar-refractivity contribution in [1.82, 2.24) is 0 Å². The fraction of sp³-hybridized carbons (Fsp3) is 0.467. The maximum Gasteiger partial charge on any atom is 0.0716 e. The second kappa shape index (κ2) is 9.17. The predicted octanol–water partition coefficient (Wildman–Crippen LogP) is 4.34. The van der Waals surface area contributed by atoms with Crippen molar-refractivity contribution in [3.63, 3.8) is 0 Å². The van der Waals surface area contributed by atoms with Crippen molar-refractivity contribution in [1.29, 1.82) is 0 Å². The first-order valence-electron chi connectivity index (χ1n) is 6.16. The molecule has 1 rings (SSSR count). The van der Waals surface area contributed by atoms with Gasteiger partial charge < -0.3 is 4.74 Å². The lowest BCUT2D eigenvalue weighted by atomic mass is 10.2. The molecular formula is C15H22O. The Kier molecular flexibility index (Phi) is 7.44. The van der Waals surface area contributed by atoms with E-state index in [9.17, 15) is 0 Å². The molecule has 1 heteroatoms. The molecule has 0 fully saturated rings. The average Bonchev–Trinajstić information content (AvgIpc) is 2.34. The summed E-state index contributed by atoms with van der Waals surface area (Å²) in [4.78, 5) is 0. The third kappa shape index (κ3) is 6.41. The van der Waals surface area contributed by atoms with Crippen molar-refractivity contribution in [2.75, 3.05) is 6.61 Å². The molecule has 0 saturated carbocycles. The number of ether oxygens (including phenoxy) is 1. The van der Waals surface area contributed by atoms with Gasteiger partial charge in [0.2, 0.25) is 0 Å². The Labute approximate surface area is 99.1 Å². The van der Waals surface area contributed by atoms with Gasteiger partial charge >= 0.3 is 0 Å². The van der Waals surface area contributed by atoms with Crippen LogP contribution in [0.3, 0.4) is 0 Å². The van der Waals surface area contributed by atoms with Crippen LogP contribution in [0.2, 0.25) is 0 Å². The molecule has 88 valence electrons. The van der Waals surface area contributed by atoms with E-state index < -0.39 is 0 Å². The van der Waals surface area contributed by atoms with E-state index in [2.05, 4.69) is 43.3 Å². The lowest BCUT2D eigenvalue weighted by molar-refractivity contribution is 0.117. The molecule has 1 aromatic rings. The molecule has 16 heavy (non-hydrogen) atoms. The molecule has 0 unspecified atom stereocenters. The Morgan fingerprint density at radius 3 is 2.62 bits per heavy atom. The first-order valence-corrected chi connectivity index (χ1v) is 6.16. The summed E-state index contributed by atoms with van der Waals surface area (Å²) in [5.74, 6) is 0. The highest BCUT2D eigenvalue weighted by Crippen LogP contribution is 2.04. The molecule has 0 radical (unpaired) electrons. The zero-order chi connectivity index (χ0) is 11.5. The highest BCUT2D eigenvalue weighted by Gasteiger charge is 1.92. The van der Waals surface area contributed by atoms with Gasteiger partial charge in [-0.25, -0.2) is 0 Å². The molecule has 0 aromatic heterocycles. The second-order valence-electron chi connectivity index (χ2n) is 3.96. The summed E-state index contributed by atoms with van der Waals surface area (Å²) in [7, 11) is 0. The third-order valence-corrected chi connectivity index (χ3v) is 2.51. The minimum Gasteiger partial charge on any atom is -0.377 e. The van der Waals surface area contributed by atoms with E-state index in [0.717, 1.165) is 13.2 Å². The van der Waals surface area contributed by atoms with Crippen molar-refractivity contribution < 1.29 is 4.74 Å². The highest BCUT2D eigenvalue weighted by atomic mass is 16.5. The zero-order valence-electron chi connectivity index (χ0n) is 10.2. The molecule has 0 atom stereocenters. The van der Waals surface area contributed by atoms with Crippen LogP contribution in [0.5, 0.6) is 0 Å². The zero-order valence-corrected chi connectivity index (χ0v) is 10.2. The van der Waals surface area contributed by atoms with Gasteiger partial charge in [0.25, 0.3) is 0 Å². The van der Waals surface area contributed by atoms with Crippen LogP contribution < -0.4 is 0 Å². The third-order valence-electron chi connectivity index (χ3n) is 2.51. The Hall–Kier alpha value is -1.08. The van der Waals surface area contributed by atoms with Crippen molar-refractivity contribution in [3.05, 3.63) is 48.0 Å². The molecule has 0 aliphatic carbocycles. The minimum atomic E-state index is 0.746. The van der Waals surface area contributed by atoms with Crippen molar-refractivity contribution in [2.45, 2.75) is 39.2 Å². The van der Waals surface area contributed by atoms with Crippen LogP contribution in [0.1, 0.15) is 38.2 Å². The molecule has 0 heterocycles. The van der Waals surface area contributed by atoms with Crippen LogP contribution in [0.15, 0.2) is 42.5 Å². The fourth-order valence-corrected chi connectivity index (χ4v) is 1.57. The SMILES string of the molecule is CC=CCCCCCOCc1ccccc1. The van der Waals surface area contributed by atoms with Gasteiger partial charge in [-0.3, -0.25) is 0 Å². The van der Waals surface area contributed by atoms with E-state index in [0.29, 0.717) is 0 Å². The number of rotatable bonds is 8. The molecule has 0 N–H and O–H groups in total. The summed E-state index contributed by atoms with van der Waals surface area (Å²) in [5, 5.41) is 0. The largest absolute Gasteiger partial charge is 0.377 e. The van der Waals surface area contributed by atoms with Gasteiger partial charge in [0.15, 0.2) is 0 Å². The van der Waals surface area contributed by atoms with Gasteiger partial charge in [0.1, 0.15) is 0 Å². The van der Waals surface area contributed by atoms with Crippen molar-refractivity contribution >= 4 is 0 Å². The second-order valence-corrected chi connectivity index (χ2v) is 3.96. The topological polar surface area (TPSA) is 9.23 Å². The Morgan fingerprint density at radius 1 is 1.06 bits per heavy atom. The molecule has 1 nitrogen and oxygen atoms in total. The van der Waals surface area contributed by atoms with Gasteiger partial charge in [0, 0.05) is 6.61 Å². The highest BCUT2D eigenvalue weighted by molar-refractivity contribution is 5.13. The molecule has 0 saturated heterocycles. The number of hydrogen-bond acceptors (Lipinski definition) is 1. The maximum absolute atomic E-state index is 5.61. The van der Waals surface area contributed by atoms with Gasteiger partial charge in [-0.15, -0.1) is 0 Å². The number of allylic oxidation sites excluding steroid dienone is 2. The van der Waals surface area contributed by atoms with Crippen LogP contribution in [0, 0.1) is 0 Å². The summed E-state index contributed by atoms with van der Waals surface area (Å²) in [6, 6.07) is 10.3. The first-order chi connectivity index (χ1) is 7.93. The van der Waals surface area contributed by atoms with Crippen LogP contribution in [-0.2, 0) is 11.3 Å². The predicted molar refractivity (Wildman–Crippen MR) is 69.4 cm³/mol. The van der Waals surface area contributed by atoms with Crippen LogP contribution >= 0.6 is 0 Å². The van der Waals surface area contributed by atoms with Crippen molar-refractivity contribution in [3.8, 4) is 0 Å². The quantitative estimate of drug-likeness (QED) is 0.466. The smallest absolute Gasteiger partial charge is 0.0716 e. The fourth-order valence-electron chi connectivity index (χ4n) is 1.57. The summed E-state index contributed by atoms with van der Waals surface area (Å²) >= 11 is 0. The van der Waals surface area contributed by atoms with E-state index in [1.165, 1.54) is 31.2 Å². The van der Waals surface area contributed by atoms with Crippen LogP contribution in [-0.4, -0.2) is 6.61 Å².